The molecule has 3 aromatic rings. The Morgan fingerprint density at radius 1 is 1.04 bits per heavy atom. The fourth-order valence-corrected chi connectivity index (χ4v) is 4.13. The second-order valence-electron chi connectivity index (χ2n) is 7.09. The maximum Gasteiger partial charge on any atom is 0.230 e. The Hall–Kier alpha value is -2.60. The Kier molecular flexibility index (Phi) is 5.76. The van der Waals surface area contributed by atoms with Crippen molar-refractivity contribution in [1.29, 1.82) is 0 Å². The van der Waals surface area contributed by atoms with Crippen LogP contribution in [0.4, 0.5) is 5.82 Å². The van der Waals surface area contributed by atoms with Crippen LogP contribution in [0.15, 0.2) is 53.6 Å². The summed E-state index contributed by atoms with van der Waals surface area (Å²) in [5.41, 5.74) is 4.09. The minimum absolute atomic E-state index is 0.00732. The van der Waals surface area contributed by atoms with Crippen LogP contribution in [-0.2, 0) is 11.3 Å². The third kappa shape index (κ3) is 4.44. The Bertz CT molecular complexity index is 968. The van der Waals surface area contributed by atoms with Gasteiger partial charge in [0.05, 0.1) is 16.8 Å². The van der Waals surface area contributed by atoms with Crippen LogP contribution in [-0.4, -0.2) is 34.7 Å². The van der Waals surface area contributed by atoms with Crippen LogP contribution in [0.25, 0.3) is 11.0 Å². The fourth-order valence-electron chi connectivity index (χ4n) is 3.30. The third-order valence-corrected chi connectivity index (χ3v) is 5.83. The average molecular weight is 393 g/mol. The van der Waals surface area contributed by atoms with E-state index in [2.05, 4.69) is 29.3 Å². The SMILES string of the molecule is Cc1ccc(CNC(=O)CSc2nc3ccccc3nc2N2CCCC2)cc1. The molecular weight excluding hydrogens is 368 g/mol. The smallest absolute Gasteiger partial charge is 0.230 e. The van der Waals surface area contributed by atoms with Gasteiger partial charge in [0.1, 0.15) is 5.03 Å². The van der Waals surface area contributed by atoms with Gasteiger partial charge in [0.2, 0.25) is 5.91 Å². The molecule has 5 nitrogen and oxygen atoms in total. The summed E-state index contributed by atoms with van der Waals surface area (Å²) in [5.74, 6) is 1.25. The van der Waals surface area contributed by atoms with Crippen LogP contribution in [0.5, 0.6) is 0 Å². The molecule has 0 saturated carbocycles. The molecule has 0 atom stereocenters. The first kappa shape index (κ1) is 18.7. The molecule has 1 aromatic heterocycles. The third-order valence-electron chi connectivity index (χ3n) is 4.88. The number of hydrogen-bond donors (Lipinski definition) is 1. The van der Waals surface area contributed by atoms with Gasteiger partial charge in [-0.2, -0.15) is 0 Å². The van der Waals surface area contributed by atoms with E-state index in [0.29, 0.717) is 12.3 Å². The van der Waals surface area contributed by atoms with Gasteiger partial charge in [0.15, 0.2) is 5.82 Å². The van der Waals surface area contributed by atoms with Gasteiger partial charge in [0.25, 0.3) is 0 Å². The van der Waals surface area contributed by atoms with Crippen molar-refractivity contribution in [3.63, 3.8) is 0 Å². The van der Waals surface area contributed by atoms with E-state index in [9.17, 15) is 4.79 Å². The first-order chi connectivity index (χ1) is 13.7. The first-order valence-electron chi connectivity index (χ1n) is 9.66. The van der Waals surface area contributed by atoms with E-state index >= 15 is 0 Å². The molecule has 1 aliphatic rings. The molecule has 2 heterocycles. The lowest BCUT2D eigenvalue weighted by Crippen LogP contribution is -2.25. The number of hydrogen-bond acceptors (Lipinski definition) is 5. The van der Waals surface area contributed by atoms with Crippen molar-refractivity contribution in [1.82, 2.24) is 15.3 Å². The Morgan fingerprint density at radius 2 is 1.71 bits per heavy atom. The summed E-state index contributed by atoms with van der Waals surface area (Å²) in [7, 11) is 0. The number of fused-ring (bicyclic) bond motifs is 1. The van der Waals surface area contributed by atoms with Crippen molar-refractivity contribution in [2.24, 2.45) is 0 Å². The van der Waals surface area contributed by atoms with Gasteiger partial charge in [-0.3, -0.25) is 4.79 Å². The van der Waals surface area contributed by atoms with Crippen molar-refractivity contribution in [2.45, 2.75) is 31.3 Å². The molecule has 1 saturated heterocycles. The van der Waals surface area contributed by atoms with E-state index in [1.54, 1.807) is 0 Å². The molecule has 1 fully saturated rings. The number of anilines is 1. The topological polar surface area (TPSA) is 58.1 Å². The minimum atomic E-state index is 0.00732. The highest BCUT2D eigenvalue weighted by molar-refractivity contribution is 8.00. The number of carbonyl (C=O) groups excluding carboxylic acids is 1. The highest BCUT2D eigenvalue weighted by Crippen LogP contribution is 2.31. The highest BCUT2D eigenvalue weighted by atomic mass is 32.2. The molecule has 28 heavy (non-hydrogen) atoms. The maximum atomic E-state index is 12.4. The van der Waals surface area contributed by atoms with Crippen molar-refractivity contribution < 1.29 is 4.79 Å². The van der Waals surface area contributed by atoms with Crippen LogP contribution < -0.4 is 10.2 Å². The van der Waals surface area contributed by atoms with E-state index < -0.39 is 0 Å². The molecule has 6 heteroatoms. The number of para-hydroxylation sites is 2. The molecule has 1 amide bonds. The predicted octanol–water partition coefficient (Wildman–Crippen LogP) is 3.95. The number of nitrogens with one attached hydrogen (secondary N) is 1. The highest BCUT2D eigenvalue weighted by Gasteiger charge is 2.20. The molecule has 1 aliphatic heterocycles. The Labute approximate surface area is 169 Å². The van der Waals surface area contributed by atoms with Crippen molar-refractivity contribution >= 4 is 34.5 Å². The molecule has 0 aliphatic carbocycles. The van der Waals surface area contributed by atoms with Crippen LogP contribution in [0, 0.1) is 6.92 Å². The molecular formula is C22H24N4OS. The maximum absolute atomic E-state index is 12.4. The number of amides is 1. The Balaban J connectivity index is 1.44. The summed E-state index contributed by atoms with van der Waals surface area (Å²) in [4.78, 5) is 24.3. The van der Waals surface area contributed by atoms with E-state index in [1.165, 1.54) is 30.2 Å². The van der Waals surface area contributed by atoms with E-state index in [0.717, 1.165) is 40.5 Å². The molecule has 0 bridgehead atoms. The first-order valence-corrected chi connectivity index (χ1v) is 10.6. The lowest BCUT2D eigenvalue weighted by Gasteiger charge is -2.19. The predicted molar refractivity (Wildman–Crippen MR) is 115 cm³/mol. The number of benzene rings is 2. The van der Waals surface area contributed by atoms with Crippen LogP contribution in [0.2, 0.25) is 0 Å². The molecule has 4 rings (SSSR count). The standard InChI is InChI=1S/C22H24N4OS/c1-16-8-10-17(11-9-16)14-23-20(27)15-28-22-21(26-12-4-5-13-26)24-18-6-2-3-7-19(18)25-22/h2-3,6-11H,4-5,12-15H2,1H3,(H,23,27). The van der Waals surface area contributed by atoms with Crippen molar-refractivity contribution in [2.75, 3.05) is 23.7 Å². The van der Waals surface area contributed by atoms with Crippen molar-refractivity contribution in [3.05, 3.63) is 59.7 Å². The monoisotopic (exact) mass is 392 g/mol. The van der Waals surface area contributed by atoms with Gasteiger partial charge in [-0.15, -0.1) is 0 Å². The normalized spacial score (nSPS) is 13.8. The summed E-state index contributed by atoms with van der Waals surface area (Å²) >= 11 is 1.47. The lowest BCUT2D eigenvalue weighted by molar-refractivity contribution is -0.118. The molecule has 144 valence electrons. The summed E-state index contributed by atoms with van der Waals surface area (Å²) in [6.45, 7) is 4.60. The summed E-state index contributed by atoms with van der Waals surface area (Å²) < 4.78 is 0. The second-order valence-corrected chi connectivity index (χ2v) is 8.05. The largest absolute Gasteiger partial charge is 0.354 e. The molecule has 0 unspecified atom stereocenters. The zero-order valence-electron chi connectivity index (χ0n) is 16.0. The van der Waals surface area contributed by atoms with Gasteiger partial charge >= 0.3 is 0 Å². The molecule has 0 radical (unpaired) electrons. The van der Waals surface area contributed by atoms with Crippen LogP contribution >= 0.6 is 11.8 Å². The van der Waals surface area contributed by atoms with E-state index in [4.69, 9.17) is 9.97 Å². The average Bonchev–Trinajstić information content (AvgIpc) is 3.26. The summed E-state index contributed by atoms with van der Waals surface area (Å²) in [6.07, 6.45) is 2.35. The van der Waals surface area contributed by atoms with Crippen molar-refractivity contribution in [3.8, 4) is 0 Å². The number of rotatable bonds is 6. The van der Waals surface area contributed by atoms with Gasteiger partial charge in [0, 0.05) is 19.6 Å². The number of carbonyl (C=O) groups is 1. The minimum Gasteiger partial charge on any atom is -0.354 e. The van der Waals surface area contributed by atoms with Crippen LogP contribution in [0.3, 0.4) is 0 Å². The number of nitrogens with zero attached hydrogens (tertiary/aromatic N) is 3. The quantitative estimate of drug-likeness (QED) is 0.644. The van der Waals surface area contributed by atoms with Gasteiger partial charge in [-0.1, -0.05) is 53.7 Å². The molecule has 0 spiro atoms. The Morgan fingerprint density at radius 3 is 2.43 bits per heavy atom. The fraction of sp³-hybridized carbons (Fsp3) is 0.318. The number of aromatic nitrogens is 2. The number of aryl methyl sites for hydroxylation is 1. The second kappa shape index (κ2) is 8.61. The van der Waals surface area contributed by atoms with E-state index in [1.807, 2.05) is 36.4 Å². The lowest BCUT2D eigenvalue weighted by atomic mass is 10.1. The zero-order valence-corrected chi connectivity index (χ0v) is 16.8. The molecule has 2 aromatic carbocycles. The van der Waals surface area contributed by atoms with Gasteiger partial charge in [-0.05, 0) is 37.5 Å². The van der Waals surface area contributed by atoms with Crippen LogP contribution in [0.1, 0.15) is 24.0 Å². The molecule has 1 N–H and O–H groups in total. The summed E-state index contributed by atoms with van der Waals surface area (Å²) in [5, 5.41) is 3.83. The van der Waals surface area contributed by atoms with Gasteiger partial charge in [-0.25, -0.2) is 9.97 Å². The van der Waals surface area contributed by atoms with E-state index in [-0.39, 0.29) is 5.91 Å². The van der Waals surface area contributed by atoms with Gasteiger partial charge < -0.3 is 10.2 Å². The summed E-state index contributed by atoms with van der Waals surface area (Å²) in [6, 6.07) is 16.1. The zero-order chi connectivity index (χ0) is 19.3. The number of thioether (sulfide) groups is 1.